The Morgan fingerprint density at radius 2 is 1.67 bits per heavy atom. The summed E-state index contributed by atoms with van der Waals surface area (Å²) in [5.41, 5.74) is 2.58. The van der Waals surface area contributed by atoms with Crippen molar-refractivity contribution < 1.29 is 9.59 Å². The fourth-order valence-electron chi connectivity index (χ4n) is 3.82. The van der Waals surface area contributed by atoms with Gasteiger partial charge < -0.3 is 14.4 Å². The van der Waals surface area contributed by atoms with Gasteiger partial charge in [0.15, 0.2) is 0 Å². The van der Waals surface area contributed by atoms with Crippen molar-refractivity contribution in [1.29, 1.82) is 0 Å². The van der Waals surface area contributed by atoms with Crippen molar-refractivity contribution in [1.82, 2.24) is 19.4 Å². The third-order valence-electron chi connectivity index (χ3n) is 5.13. The van der Waals surface area contributed by atoms with Gasteiger partial charge in [0, 0.05) is 44.2 Å². The molecule has 3 rings (SSSR count). The second-order valence-corrected chi connectivity index (χ2v) is 8.10. The first-order valence-electron chi connectivity index (χ1n) is 9.83. The van der Waals surface area contributed by atoms with Crippen molar-refractivity contribution in [3.05, 3.63) is 29.6 Å². The molecule has 0 saturated carbocycles. The molecule has 2 aromatic rings. The predicted molar refractivity (Wildman–Crippen MR) is 107 cm³/mol. The van der Waals surface area contributed by atoms with E-state index in [2.05, 4.69) is 37.2 Å². The van der Waals surface area contributed by atoms with Crippen LogP contribution >= 0.6 is 0 Å². The highest BCUT2D eigenvalue weighted by molar-refractivity contribution is 5.97. The van der Waals surface area contributed by atoms with Crippen LogP contribution in [0, 0.1) is 12.8 Å². The largest absolute Gasteiger partial charge is 0.339 e. The van der Waals surface area contributed by atoms with Gasteiger partial charge in [0.1, 0.15) is 5.82 Å². The number of hydrogen-bond donors (Lipinski definition) is 0. The maximum Gasteiger partial charge on any atom is 0.254 e. The summed E-state index contributed by atoms with van der Waals surface area (Å²) >= 11 is 0. The zero-order valence-electron chi connectivity index (χ0n) is 17.0. The molecule has 0 radical (unpaired) electrons. The number of hydrogen-bond acceptors (Lipinski definition) is 3. The van der Waals surface area contributed by atoms with Crippen LogP contribution in [0.4, 0.5) is 0 Å². The molecule has 146 valence electrons. The third-order valence-corrected chi connectivity index (χ3v) is 5.13. The van der Waals surface area contributed by atoms with Gasteiger partial charge in [-0.3, -0.25) is 9.59 Å². The minimum Gasteiger partial charge on any atom is -0.339 e. The van der Waals surface area contributed by atoms with Crippen LogP contribution in [0.1, 0.15) is 56.3 Å². The van der Waals surface area contributed by atoms with Gasteiger partial charge in [0.2, 0.25) is 5.91 Å². The van der Waals surface area contributed by atoms with Gasteiger partial charge in [0.05, 0.1) is 11.0 Å². The Morgan fingerprint density at radius 1 is 1.04 bits per heavy atom. The van der Waals surface area contributed by atoms with E-state index in [-0.39, 0.29) is 11.8 Å². The van der Waals surface area contributed by atoms with E-state index in [0.717, 1.165) is 16.9 Å². The first kappa shape index (κ1) is 19.4. The number of piperazine rings is 1. The number of carbonyl (C=O) groups is 2. The SMILES string of the molecule is Cc1nc2cc(C(=O)N3CCN(C(=O)CC(C)C)CC3)ccc2n1C(C)C. The topological polar surface area (TPSA) is 58.4 Å². The highest BCUT2D eigenvalue weighted by atomic mass is 16.2. The Kier molecular flexibility index (Phi) is 5.53. The molecule has 0 atom stereocenters. The molecule has 1 aromatic heterocycles. The van der Waals surface area contributed by atoms with Crippen molar-refractivity contribution in [2.45, 2.75) is 47.1 Å². The highest BCUT2D eigenvalue weighted by Gasteiger charge is 2.25. The minimum absolute atomic E-state index is 0.0182. The molecule has 1 fully saturated rings. The molecule has 2 heterocycles. The first-order chi connectivity index (χ1) is 12.8. The standard InChI is InChI=1S/C21H30N4O2/c1-14(2)12-20(26)23-8-10-24(11-9-23)21(27)17-6-7-19-18(13-17)22-16(5)25(19)15(3)4/h6-7,13-15H,8-12H2,1-5H3. The van der Waals surface area contributed by atoms with Crippen molar-refractivity contribution >= 4 is 22.8 Å². The average Bonchev–Trinajstić information content (AvgIpc) is 2.95. The lowest BCUT2D eigenvalue weighted by molar-refractivity contribution is -0.133. The van der Waals surface area contributed by atoms with Crippen LogP contribution in [0.15, 0.2) is 18.2 Å². The monoisotopic (exact) mass is 370 g/mol. The Bertz CT molecular complexity index is 845. The number of nitrogens with zero attached hydrogens (tertiary/aromatic N) is 4. The van der Waals surface area contributed by atoms with Gasteiger partial charge >= 0.3 is 0 Å². The quantitative estimate of drug-likeness (QED) is 0.830. The molecule has 2 amide bonds. The number of carbonyl (C=O) groups excluding carboxylic acids is 2. The third kappa shape index (κ3) is 3.99. The number of benzene rings is 1. The van der Waals surface area contributed by atoms with E-state index in [9.17, 15) is 9.59 Å². The molecule has 0 unspecified atom stereocenters. The van der Waals surface area contributed by atoms with Crippen LogP contribution in [-0.2, 0) is 4.79 Å². The number of rotatable bonds is 4. The van der Waals surface area contributed by atoms with E-state index in [1.54, 1.807) is 0 Å². The van der Waals surface area contributed by atoms with E-state index < -0.39 is 0 Å². The fraction of sp³-hybridized carbons (Fsp3) is 0.571. The molecule has 0 aliphatic carbocycles. The first-order valence-corrected chi connectivity index (χ1v) is 9.83. The molecule has 0 bridgehead atoms. The lowest BCUT2D eigenvalue weighted by Gasteiger charge is -2.35. The van der Waals surface area contributed by atoms with Crippen LogP contribution in [0.5, 0.6) is 0 Å². The summed E-state index contributed by atoms with van der Waals surface area (Å²) in [6.07, 6.45) is 0.572. The maximum absolute atomic E-state index is 12.9. The molecule has 27 heavy (non-hydrogen) atoms. The lowest BCUT2D eigenvalue weighted by atomic mass is 10.1. The van der Waals surface area contributed by atoms with Crippen LogP contribution in [0.3, 0.4) is 0 Å². The molecular weight excluding hydrogens is 340 g/mol. The number of imidazole rings is 1. The molecule has 0 N–H and O–H groups in total. The Balaban J connectivity index is 1.71. The van der Waals surface area contributed by atoms with Crippen LogP contribution in [0.2, 0.25) is 0 Å². The van der Waals surface area contributed by atoms with Gasteiger partial charge in [-0.2, -0.15) is 0 Å². The zero-order valence-corrected chi connectivity index (χ0v) is 17.0. The van der Waals surface area contributed by atoms with E-state index >= 15 is 0 Å². The van der Waals surface area contributed by atoms with Crippen molar-refractivity contribution in [2.24, 2.45) is 5.92 Å². The minimum atomic E-state index is 0.0182. The summed E-state index contributed by atoms with van der Waals surface area (Å²) in [6, 6.07) is 6.10. The number of amides is 2. The molecule has 1 saturated heterocycles. The second kappa shape index (κ2) is 7.71. The molecule has 1 aliphatic rings. The lowest BCUT2D eigenvalue weighted by Crippen LogP contribution is -2.50. The average molecular weight is 370 g/mol. The number of aryl methyl sites for hydroxylation is 1. The smallest absolute Gasteiger partial charge is 0.254 e. The van der Waals surface area contributed by atoms with Crippen LogP contribution in [0.25, 0.3) is 11.0 Å². The Hall–Kier alpha value is -2.37. The van der Waals surface area contributed by atoms with Gasteiger partial charge in [-0.1, -0.05) is 13.8 Å². The van der Waals surface area contributed by atoms with Crippen molar-refractivity contribution in [3.8, 4) is 0 Å². The summed E-state index contributed by atoms with van der Waals surface area (Å²) in [5.74, 6) is 1.53. The number of aromatic nitrogens is 2. The molecule has 0 spiro atoms. The Labute approximate surface area is 161 Å². The van der Waals surface area contributed by atoms with E-state index in [1.165, 1.54) is 0 Å². The fourth-order valence-corrected chi connectivity index (χ4v) is 3.82. The molecule has 6 heteroatoms. The predicted octanol–water partition coefficient (Wildman–Crippen LogP) is 3.26. The van der Waals surface area contributed by atoms with E-state index in [1.807, 2.05) is 34.9 Å². The summed E-state index contributed by atoms with van der Waals surface area (Å²) in [5, 5.41) is 0. The van der Waals surface area contributed by atoms with Gasteiger partial charge in [-0.25, -0.2) is 4.98 Å². The van der Waals surface area contributed by atoms with E-state index in [4.69, 9.17) is 0 Å². The molecular formula is C21H30N4O2. The summed E-state index contributed by atoms with van der Waals surface area (Å²) < 4.78 is 2.18. The summed E-state index contributed by atoms with van der Waals surface area (Å²) in [7, 11) is 0. The normalized spacial score (nSPS) is 15.2. The summed E-state index contributed by atoms with van der Waals surface area (Å²) in [4.78, 5) is 33.5. The zero-order chi connectivity index (χ0) is 19.7. The van der Waals surface area contributed by atoms with Gasteiger partial charge in [0.25, 0.3) is 5.91 Å². The van der Waals surface area contributed by atoms with Gasteiger partial charge in [-0.15, -0.1) is 0 Å². The van der Waals surface area contributed by atoms with Crippen molar-refractivity contribution in [3.63, 3.8) is 0 Å². The molecule has 1 aromatic carbocycles. The second-order valence-electron chi connectivity index (χ2n) is 8.10. The maximum atomic E-state index is 12.9. The van der Waals surface area contributed by atoms with E-state index in [0.29, 0.717) is 50.1 Å². The van der Waals surface area contributed by atoms with Crippen LogP contribution in [-0.4, -0.2) is 57.3 Å². The van der Waals surface area contributed by atoms with Crippen molar-refractivity contribution in [2.75, 3.05) is 26.2 Å². The Morgan fingerprint density at radius 3 is 2.26 bits per heavy atom. The highest BCUT2D eigenvalue weighted by Crippen LogP contribution is 2.22. The number of fused-ring (bicyclic) bond motifs is 1. The molecule has 6 nitrogen and oxygen atoms in total. The molecule has 1 aliphatic heterocycles. The van der Waals surface area contributed by atoms with Gasteiger partial charge in [-0.05, 0) is 44.9 Å². The summed E-state index contributed by atoms with van der Waals surface area (Å²) in [6.45, 7) is 12.8. The van der Waals surface area contributed by atoms with Crippen LogP contribution < -0.4 is 0 Å².